The normalized spacial score (nSPS) is 19.7. The van der Waals surface area contributed by atoms with Crippen molar-refractivity contribution >= 4 is 5.82 Å². The summed E-state index contributed by atoms with van der Waals surface area (Å²) >= 11 is 0. The van der Waals surface area contributed by atoms with Crippen molar-refractivity contribution in [2.75, 3.05) is 5.73 Å². The first kappa shape index (κ1) is 12.2. The van der Waals surface area contributed by atoms with Crippen LogP contribution in [-0.2, 0) is 12.8 Å². The molecule has 0 fully saturated rings. The maximum Gasteiger partial charge on any atom is 0.123 e. The molecule has 0 bridgehead atoms. The molecule has 0 saturated heterocycles. The van der Waals surface area contributed by atoms with Gasteiger partial charge < -0.3 is 5.73 Å². The van der Waals surface area contributed by atoms with Crippen LogP contribution in [0.5, 0.6) is 0 Å². The Hall–Kier alpha value is -1.83. The molecule has 2 unspecified atom stereocenters. The summed E-state index contributed by atoms with van der Waals surface area (Å²) in [7, 11) is 0. The summed E-state index contributed by atoms with van der Waals surface area (Å²) in [5, 5.41) is 0. The first-order valence-electron chi connectivity index (χ1n) is 7.03. The SMILES string of the molecule is CC(c1ccccc1)C1CCc2ccc(N)nc2C1. The number of rotatable bonds is 2. The summed E-state index contributed by atoms with van der Waals surface area (Å²) in [6.45, 7) is 2.33. The van der Waals surface area contributed by atoms with E-state index in [2.05, 4.69) is 48.3 Å². The maximum absolute atomic E-state index is 5.80. The molecule has 2 aromatic rings. The van der Waals surface area contributed by atoms with Crippen LogP contribution in [0.1, 0.15) is 36.1 Å². The minimum atomic E-state index is 0.581. The Morgan fingerprint density at radius 1 is 1.16 bits per heavy atom. The largest absolute Gasteiger partial charge is 0.384 e. The van der Waals surface area contributed by atoms with Gasteiger partial charge in [0.1, 0.15) is 5.82 Å². The van der Waals surface area contributed by atoms with Gasteiger partial charge >= 0.3 is 0 Å². The predicted molar refractivity (Wildman–Crippen MR) is 79.0 cm³/mol. The van der Waals surface area contributed by atoms with Crippen molar-refractivity contribution in [3.05, 3.63) is 59.3 Å². The van der Waals surface area contributed by atoms with Gasteiger partial charge in [0.2, 0.25) is 0 Å². The molecule has 98 valence electrons. The molecule has 2 nitrogen and oxygen atoms in total. The van der Waals surface area contributed by atoms with Gasteiger partial charge in [-0.05, 0) is 48.3 Å². The van der Waals surface area contributed by atoms with E-state index in [1.165, 1.54) is 23.2 Å². The summed E-state index contributed by atoms with van der Waals surface area (Å²) in [5.41, 5.74) is 9.82. The maximum atomic E-state index is 5.80. The molecular weight excluding hydrogens is 232 g/mol. The molecule has 2 N–H and O–H groups in total. The van der Waals surface area contributed by atoms with Gasteiger partial charge in [-0.25, -0.2) is 4.98 Å². The van der Waals surface area contributed by atoms with Crippen LogP contribution in [0.25, 0.3) is 0 Å². The van der Waals surface area contributed by atoms with Crippen LogP contribution in [-0.4, -0.2) is 4.98 Å². The van der Waals surface area contributed by atoms with Gasteiger partial charge in [-0.1, -0.05) is 43.3 Å². The molecule has 1 heterocycles. The Morgan fingerprint density at radius 3 is 2.74 bits per heavy atom. The molecule has 0 aliphatic heterocycles. The lowest BCUT2D eigenvalue weighted by atomic mass is 9.77. The van der Waals surface area contributed by atoms with Crippen LogP contribution >= 0.6 is 0 Å². The van der Waals surface area contributed by atoms with E-state index >= 15 is 0 Å². The highest BCUT2D eigenvalue weighted by Crippen LogP contribution is 2.34. The molecule has 19 heavy (non-hydrogen) atoms. The fourth-order valence-electron chi connectivity index (χ4n) is 3.10. The highest BCUT2D eigenvalue weighted by Gasteiger charge is 2.25. The Kier molecular flexibility index (Phi) is 3.24. The van der Waals surface area contributed by atoms with Crippen molar-refractivity contribution in [1.82, 2.24) is 4.98 Å². The molecule has 2 heteroatoms. The second-order valence-electron chi connectivity index (χ2n) is 5.54. The zero-order valence-electron chi connectivity index (χ0n) is 11.3. The van der Waals surface area contributed by atoms with Crippen molar-refractivity contribution in [2.45, 2.75) is 32.1 Å². The molecule has 3 rings (SSSR count). The standard InChI is InChI=1S/C17H20N2/c1-12(13-5-3-2-4-6-13)15-8-7-14-9-10-17(18)19-16(14)11-15/h2-6,9-10,12,15H,7-8,11H2,1H3,(H2,18,19). The number of fused-ring (bicyclic) bond motifs is 1. The second kappa shape index (κ2) is 5.04. The molecular formula is C17H20N2. The first-order chi connectivity index (χ1) is 9.24. The average molecular weight is 252 g/mol. The van der Waals surface area contributed by atoms with Crippen molar-refractivity contribution in [3.63, 3.8) is 0 Å². The fourth-order valence-corrected chi connectivity index (χ4v) is 3.10. The molecule has 0 radical (unpaired) electrons. The van der Waals surface area contributed by atoms with Crippen LogP contribution < -0.4 is 5.73 Å². The number of aryl methyl sites for hydroxylation is 1. The Balaban J connectivity index is 1.82. The topological polar surface area (TPSA) is 38.9 Å². The number of benzene rings is 1. The van der Waals surface area contributed by atoms with E-state index in [0.717, 1.165) is 12.8 Å². The number of hydrogen-bond acceptors (Lipinski definition) is 2. The van der Waals surface area contributed by atoms with Crippen LogP contribution in [0.15, 0.2) is 42.5 Å². The van der Waals surface area contributed by atoms with Gasteiger partial charge in [-0.2, -0.15) is 0 Å². The number of anilines is 1. The van der Waals surface area contributed by atoms with E-state index in [0.29, 0.717) is 17.7 Å². The average Bonchev–Trinajstić information content (AvgIpc) is 2.46. The third-order valence-corrected chi connectivity index (χ3v) is 4.36. The van der Waals surface area contributed by atoms with Crippen molar-refractivity contribution in [1.29, 1.82) is 0 Å². The number of nitrogens with zero attached hydrogens (tertiary/aromatic N) is 1. The molecule has 0 amide bonds. The lowest BCUT2D eigenvalue weighted by Crippen LogP contribution is -2.21. The van der Waals surface area contributed by atoms with E-state index in [9.17, 15) is 0 Å². The smallest absolute Gasteiger partial charge is 0.123 e. The number of hydrogen-bond donors (Lipinski definition) is 1. The minimum Gasteiger partial charge on any atom is -0.384 e. The Bertz CT molecular complexity index is 563. The monoisotopic (exact) mass is 252 g/mol. The number of pyridine rings is 1. The lowest BCUT2D eigenvalue weighted by Gasteiger charge is -2.29. The minimum absolute atomic E-state index is 0.581. The third kappa shape index (κ3) is 2.48. The summed E-state index contributed by atoms with van der Waals surface area (Å²) in [4.78, 5) is 4.52. The van der Waals surface area contributed by atoms with E-state index in [1.54, 1.807) is 0 Å². The Morgan fingerprint density at radius 2 is 1.95 bits per heavy atom. The van der Waals surface area contributed by atoms with E-state index in [1.807, 2.05) is 6.07 Å². The fraction of sp³-hybridized carbons (Fsp3) is 0.353. The van der Waals surface area contributed by atoms with Crippen LogP contribution in [0, 0.1) is 5.92 Å². The highest BCUT2D eigenvalue weighted by molar-refractivity contribution is 5.36. The van der Waals surface area contributed by atoms with Gasteiger partial charge in [0, 0.05) is 5.69 Å². The Labute approximate surface area is 114 Å². The van der Waals surface area contributed by atoms with Gasteiger partial charge in [0.25, 0.3) is 0 Å². The lowest BCUT2D eigenvalue weighted by molar-refractivity contribution is 0.389. The predicted octanol–water partition coefficient (Wildman–Crippen LogP) is 3.57. The first-order valence-corrected chi connectivity index (χ1v) is 7.03. The zero-order valence-corrected chi connectivity index (χ0v) is 11.3. The summed E-state index contributed by atoms with van der Waals surface area (Å²) in [6, 6.07) is 14.8. The molecule has 1 aliphatic carbocycles. The number of nitrogen functional groups attached to an aromatic ring is 1. The van der Waals surface area contributed by atoms with E-state index in [-0.39, 0.29) is 0 Å². The van der Waals surface area contributed by atoms with E-state index < -0.39 is 0 Å². The number of aromatic nitrogens is 1. The van der Waals surface area contributed by atoms with Crippen molar-refractivity contribution in [3.8, 4) is 0 Å². The van der Waals surface area contributed by atoms with Crippen molar-refractivity contribution < 1.29 is 0 Å². The van der Waals surface area contributed by atoms with E-state index in [4.69, 9.17) is 5.73 Å². The second-order valence-corrected chi connectivity index (χ2v) is 5.54. The molecule has 1 aliphatic rings. The molecule has 1 aromatic heterocycles. The van der Waals surface area contributed by atoms with Gasteiger partial charge in [0.15, 0.2) is 0 Å². The molecule has 0 saturated carbocycles. The van der Waals surface area contributed by atoms with Crippen LogP contribution in [0.4, 0.5) is 5.82 Å². The van der Waals surface area contributed by atoms with Gasteiger partial charge in [0.05, 0.1) is 0 Å². The molecule has 2 atom stereocenters. The quantitative estimate of drug-likeness (QED) is 0.887. The summed E-state index contributed by atoms with van der Waals surface area (Å²) < 4.78 is 0. The third-order valence-electron chi connectivity index (χ3n) is 4.36. The summed E-state index contributed by atoms with van der Waals surface area (Å²) in [6.07, 6.45) is 3.43. The van der Waals surface area contributed by atoms with Gasteiger partial charge in [-0.15, -0.1) is 0 Å². The van der Waals surface area contributed by atoms with Gasteiger partial charge in [-0.3, -0.25) is 0 Å². The molecule has 1 aromatic carbocycles. The molecule has 0 spiro atoms. The highest BCUT2D eigenvalue weighted by atomic mass is 14.8. The summed E-state index contributed by atoms with van der Waals surface area (Å²) in [5.74, 6) is 1.90. The zero-order chi connectivity index (χ0) is 13.2. The van der Waals surface area contributed by atoms with Crippen LogP contribution in [0.2, 0.25) is 0 Å². The van der Waals surface area contributed by atoms with Crippen molar-refractivity contribution in [2.24, 2.45) is 5.92 Å². The van der Waals surface area contributed by atoms with Crippen LogP contribution in [0.3, 0.4) is 0 Å². The number of nitrogens with two attached hydrogens (primary N) is 1.